The van der Waals surface area contributed by atoms with E-state index < -0.39 is 17.7 Å². The van der Waals surface area contributed by atoms with Crippen LogP contribution in [0.3, 0.4) is 0 Å². The highest BCUT2D eigenvalue weighted by atomic mass is 16.5. The van der Waals surface area contributed by atoms with E-state index in [2.05, 4.69) is 0 Å². The van der Waals surface area contributed by atoms with Crippen LogP contribution in [-0.2, 0) is 9.59 Å². The van der Waals surface area contributed by atoms with Crippen molar-refractivity contribution in [1.82, 2.24) is 0 Å². The first-order valence-electron chi connectivity index (χ1n) is 11.6. The van der Waals surface area contributed by atoms with Gasteiger partial charge in [-0.2, -0.15) is 0 Å². The van der Waals surface area contributed by atoms with Gasteiger partial charge >= 0.3 is 0 Å². The molecule has 0 bridgehead atoms. The van der Waals surface area contributed by atoms with Crippen molar-refractivity contribution in [3.05, 3.63) is 113 Å². The minimum Gasteiger partial charge on any atom is -0.507 e. The third-order valence-corrected chi connectivity index (χ3v) is 6.31. The molecule has 1 N–H and O–H groups in total. The predicted molar refractivity (Wildman–Crippen MR) is 138 cm³/mol. The van der Waals surface area contributed by atoms with Crippen LogP contribution >= 0.6 is 0 Å². The summed E-state index contributed by atoms with van der Waals surface area (Å²) in [6, 6.07) is 27.1. The second-order valence-corrected chi connectivity index (χ2v) is 8.53. The van der Waals surface area contributed by atoms with Gasteiger partial charge in [0.15, 0.2) is 0 Å². The van der Waals surface area contributed by atoms with Crippen LogP contribution < -0.4 is 9.64 Å². The maximum Gasteiger partial charge on any atom is 0.300 e. The van der Waals surface area contributed by atoms with Gasteiger partial charge in [-0.1, -0.05) is 72.3 Å². The molecule has 1 amide bonds. The number of ether oxygens (including phenoxy) is 1. The topological polar surface area (TPSA) is 66.8 Å². The molecule has 174 valence electrons. The minimum atomic E-state index is -0.785. The molecule has 1 aliphatic rings. The predicted octanol–water partition coefficient (Wildman–Crippen LogP) is 6.17. The number of aliphatic hydroxyl groups excluding tert-OH is 1. The van der Waals surface area contributed by atoms with Crippen LogP contribution in [0.4, 0.5) is 5.69 Å². The molecule has 1 aliphatic heterocycles. The standard InChI is InChI=1S/C30H25NO4/c1-3-35-23-17-13-21(14-18-23)27-26(28(32)25-10-6-8-20-7-4-5-9-24(20)25)29(33)30(34)31(27)22-15-11-19(2)12-16-22/h4-18,27,32H,3H2,1-2H3/b28-26-. The van der Waals surface area contributed by atoms with E-state index in [1.54, 1.807) is 6.07 Å². The van der Waals surface area contributed by atoms with Crippen LogP contribution in [0.5, 0.6) is 5.75 Å². The molecular formula is C30H25NO4. The lowest BCUT2D eigenvalue weighted by molar-refractivity contribution is -0.132. The number of aliphatic hydroxyl groups is 1. The highest BCUT2D eigenvalue weighted by molar-refractivity contribution is 6.51. The Balaban J connectivity index is 1.73. The van der Waals surface area contributed by atoms with Crippen molar-refractivity contribution < 1.29 is 19.4 Å². The van der Waals surface area contributed by atoms with Crippen molar-refractivity contribution in [3.63, 3.8) is 0 Å². The molecule has 5 rings (SSSR count). The summed E-state index contributed by atoms with van der Waals surface area (Å²) in [5.41, 5.74) is 2.92. The zero-order chi connectivity index (χ0) is 24.5. The Labute approximate surface area is 203 Å². The van der Waals surface area contributed by atoms with Gasteiger partial charge in [0, 0.05) is 11.3 Å². The maximum absolute atomic E-state index is 13.4. The Morgan fingerprint density at radius 2 is 1.57 bits per heavy atom. The molecule has 1 saturated heterocycles. The minimum absolute atomic E-state index is 0.0658. The normalized spacial score (nSPS) is 17.2. The van der Waals surface area contributed by atoms with E-state index in [-0.39, 0.29) is 11.3 Å². The lowest BCUT2D eigenvalue weighted by Gasteiger charge is -2.26. The fourth-order valence-corrected chi connectivity index (χ4v) is 4.61. The largest absolute Gasteiger partial charge is 0.507 e. The van der Waals surface area contributed by atoms with Crippen LogP contribution in [-0.4, -0.2) is 23.4 Å². The third-order valence-electron chi connectivity index (χ3n) is 6.31. The SMILES string of the molecule is CCOc1ccc(C2/C(=C(/O)c3cccc4ccccc34)C(=O)C(=O)N2c2ccc(C)cc2)cc1. The Morgan fingerprint density at radius 1 is 0.886 bits per heavy atom. The smallest absolute Gasteiger partial charge is 0.300 e. The number of hydrogen-bond donors (Lipinski definition) is 1. The van der Waals surface area contributed by atoms with Gasteiger partial charge < -0.3 is 9.84 Å². The van der Waals surface area contributed by atoms with Crippen LogP contribution in [0.1, 0.15) is 29.7 Å². The average molecular weight is 464 g/mol. The number of Topliss-reactive ketones (excluding diaryl/α,β-unsaturated/α-hetero) is 1. The molecule has 5 heteroatoms. The summed E-state index contributed by atoms with van der Waals surface area (Å²) in [5, 5.41) is 13.3. The second kappa shape index (κ2) is 9.11. The fourth-order valence-electron chi connectivity index (χ4n) is 4.61. The van der Waals surface area contributed by atoms with Gasteiger partial charge in [-0.15, -0.1) is 0 Å². The van der Waals surface area contributed by atoms with E-state index in [4.69, 9.17) is 4.74 Å². The number of fused-ring (bicyclic) bond motifs is 1. The average Bonchev–Trinajstić information content (AvgIpc) is 3.15. The molecule has 1 heterocycles. The quantitative estimate of drug-likeness (QED) is 0.218. The zero-order valence-corrected chi connectivity index (χ0v) is 19.6. The number of anilines is 1. The molecule has 1 fully saturated rings. The van der Waals surface area contributed by atoms with Crippen molar-refractivity contribution >= 4 is 33.9 Å². The van der Waals surface area contributed by atoms with Crippen molar-refractivity contribution in [2.75, 3.05) is 11.5 Å². The van der Waals surface area contributed by atoms with Gasteiger partial charge in [0.2, 0.25) is 0 Å². The van der Waals surface area contributed by atoms with Crippen molar-refractivity contribution in [3.8, 4) is 5.75 Å². The first-order chi connectivity index (χ1) is 17.0. The number of benzene rings is 4. The molecule has 0 spiro atoms. The molecule has 4 aromatic rings. The number of amides is 1. The molecule has 5 nitrogen and oxygen atoms in total. The summed E-state index contributed by atoms with van der Waals surface area (Å²) in [5.74, 6) is -0.879. The van der Waals surface area contributed by atoms with Crippen molar-refractivity contribution in [2.45, 2.75) is 19.9 Å². The van der Waals surface area contributed by atoms with Gasteiger partial charge in [-0.3, -0.25) is 14.5 Å². The first kappa shape index (κ1) is 22.4. The lowest BCUT2D eigenvalue weighted by Crippen LogP contribution is -2.29. The van der Waals surface area contributed by atoms with Gasteiger partial charge in [-0.25, -0.2) is 0 Å². The fraction of sp³-hybridized carbons (Fsp3) is 0.133. The summed E-state index contributed by atoms with van der Waals surface area (Å²) in [7, 11) is 0. The molecule has 1 unspecified atom stereocenters. The van der Waals surface area contributed by atoms with E-state index in [0.29, 0.717) is 29.2 Å². The molecule has 0 aromatic heterocycles. The van der Waals surface area contributed by atoms with Gasteiger partial charge in [-0.05, 0) is 54.4 Å². The van der Waals surface area contributed by atoms with Gasteiger partial charge in [0.25, 0.3) is 11.7 Å². The maximum atomic E-state index is 13.4. The number of carbonyl (C=O) groups is 2. The summed E-state index contributed by atoms with van der Waals surface area (Å²) >= 11 is 0. The van der Waals surface area contributed by atoms with Crippen LogP contribution in [0, 0.1) is 6.92 Å². The Bertz CT molecular complexity index is 1450. The number of hydrogen-bond acceptors (Lipinski definition) is 4. The van der Waals surface area contributed by atoms with Crippen LogP contribution in [0.25, 0.3) is 16.5 Å². The summed E-state index contributed by atoms with van der Waals surface area (Å²) in [4.78, 5) is 28.3. The molecule has 0 radical (unpaired) electrons. The third kappa shape index (κ3) is 3.95. The number of ketones is 1. The summed E-state index contributed by atoms with van der Waals surface area (Å²) < 4.78 is 5.57. The van der Waals surface area contributed by atoms with Gasteiger partial charge in [0.1, 0.15) is 11.5 Å². The Hall–Kier alpha value is -4.38. The van der Waals surface area contributed by atoms with Crippen molar-refractivity contribution in [2.24, 2.45) is 0 Å². The van der Waals surface area contributed by atoms with E-state index in [0.717, 1.165) is 16.3 Å². The van der Waals surface area contributed by atoms with E-state index in [1.807, 2.05) is 98.8 Å². The molecular weight excluding hydrogens is 438 g/mol. The molecule has 1 atom stereocenters. The van der Waals surface area contributed by atoms with E-state index in [1.165, 1.54) is 4.90 Å². The van der Waals surface area contributed by atoms with Gasteiger partial charge in [0.05, 0.1) is 18.2 Å². The summed E-state index contributed by atoms with van der Waals surface area (Å²) in [6.45, 7) is 4.40. The molecule has 0 saturated carbocycles. The Morgan fingerprint density at radius 3 is 2.29 bits per heavy atom. The zero-order valence-electron chi connectivity index (χ0n) is 19.6. The van der Waals surface area contributed by atoms with E-state index in [9.17, 15) is 14.7 Å². The molecule has 4 aromatic carbocycles. The van der Waals surface area contributed by atoms with Crippen LogP contribution in [0.2, 0.25) is 0 Å². The first-order valence-corrected chi connectivity index (χ1v) is 11.6. The molecule has 0 aliphatic carbocycles. The van der Waals surface area contributed by atoms with Crippen molar-refractivity contribution in [1.29, 1.82) is 0 Å². The van der Waals surface area contributed by atoms with Crippen LogP contribution in [0.15, 0.2) is 96.6 Å². The molecule has 35 heavy (non-hydrogen) atoms. The highest BCUT2D eigenvalue weighted by Crippen LogP contribution is 2.43. The highest BCUT2D eigenvalue weighted by Gasteiger charge is 2.47. The summed E-state index contributed by atoms with van der Waals surface area (Å²) in [6.07, 6.45) is 0. The number of nitrogens with zero attached hydrogens (tertiary/aromatic N) is 1. The number of rotatable bonds is 5. The monoisotopic (exact) mass is 463 g/mol. The number of carbonyl (C=O) groups excluding carboxylic acids is 2. The van der Waals surface area contributed by atoms with E-state index >= 15 is 0 Å². The second-order valence-electron chi connectivity index (χ2n) is 8.53. The number of aryl methyl sites for hydroxylation is 1. The Kier molecular flexibility index (Phi) is 5.83. The lowest BCUT2D eigenvalue weighted by atomic mass is 9.93.